The standard InChI is InChI=1S/C17H18N4S/c1-6-15-17(22-13(5)20-15)19-12(4)14-7-10(2)16-18-11(3)8-21(16)9-14/h6-9H,1H2,2-5H3/b19-12+. The summed E-state index contributed by atoms with van der Waals surface area (Å²) in [6.07, 6.45) is 5.86. The Bertz CT molecular complexity index is 899. The Morgan fingerprint density at radius 2 is 2.05 bits per heavy atom. The van der Waals surface area contributed by atoms with Gasteiger partial charge < -0.3 is 4.40 Å². The van der Waals surface area contributed by atoms with E-state index in [2.05, 4.69) is 40.1 Å². The maximum Gasteiger partial charge on any atom is 0.143 e. The van der Waals surface area contributed by atoms with Gasteiger partial charge in [0.2, 0.25) is 0 Å². The summed E-state index contributed by atoms with van der Waals surface area (Å²) in [5.41, 5.74) is 6.05. The summed E-state index contributed by atoms with van der Waals surface area (Å²) in [4.78, 5) is 13.7. The summed E-state index contributed by atoms with van der Waals surface area (Å²) >= 11 is 1.58. The van der Waals surface area contributed by atoms with E-state index in [1.54, 1.807) is 17.4 Å². The molecule has 0 aliphatic heterocycles. The third-order valence-electron chi connectivity index (χ3n) is 3.48. The van der Waals surface area contributed by atoms with Crippen molar-refractivity contribution in [3.05, 3.63) is 52.6 Å². The number of aryl methyl sites for hydroxylation is 3. The van der Waals surface area contributed by atoms with Crippen molar-refractivity contribution in [2.24, 2.45) is 4.99 Å². The number of thiazole rings is 1. The molecule has 112 valence electrons. The van der Waals surface area contributed by atoms with Gasteiger partial charge in [0, 0.05) is 23.7 Å². The summed E-state index contributed by atoms with van der Waals surface area (Å²) < 4.78 is 2.06. The number of pyridine rings is 1. The molecule has 0 radical (unpaired) electrons. The first-order valence-electron chi connectivity index (χ1n) is 7.09. The van der Waals surface area contributed by atoms with Crippen molar-refractivity contribution >= 4 is 33.8 Å². The second-order valence-electron chi connectivity index (χ2n) is 5.35. The molecule has 22 heavy (non-hydrogen) atoms. The van der Waals surface area contributed by atoms with Gasteiger partial charge in [-0.1, -0.05) is 17.9 Å². The number of nitrogens with zero attached hydrogens (tertiary/aromatic N) is 4. The summed E-state index contributed by atoms with van der Waals surface area (Å²) in [6.45, 7) is 11.9. The fourth-order valence-electron chi connectivity index (χ4n) is 2.45. The van der Waals surface area contributed by atoms with Crippen LogP contribution in [0.1, 0.15) is 34.4 Å². The zero-order valence-electron chi connectivity index (χ0n) is 13.2. The number of hydrogen-bond acceptors (Lipinski definition) is 4. The van der Waals surface area contributed by atoms with Crippen molar-refractivity contribution in [2.75, 3.05) is 0 Å². The van der Waals surface area contributed by atoms with Crippen molar-refractivity contribution in [3.8, 4) is 0 Å². The van der Waals surface area contributed by atoms with Crippen molar-refractivity contribution in [1.82, 2.24) is 14.4 Å². The molecule has 0 saturated heterocycles. The van der Waals surface area contributed by atoms with E-state index in [4.69, 9.17) is 4.99 Å². The lowest BCUT2D eigenvalue weighted by atomic mass is 10.1. The Labute approximate surface area is 133 Å². The molecule has 4 nitrogen and oxygen atoms in total. The number of aromatic nitrogens is 3. The Balaban J connectivity index is 2.09. The molecule has 0 aliphatic rings. The minimum absolute atomic E-state index is 0.845. The van der Waals surface area contributed by atoms with E-state index in [0.29, 0.717) is 0 Å². The predicted octanol–water partition coefficient (Wildman–Crippen LogP) is 4.50. The smallest absolute Gasteiger partial charge is 0.143 e. The van der Waals surface area contributed by atoms with Crippen LogP contribution in [0.25, 0.3) is 11.7 Å². The molecule has 0 amide bonds. The van der Waals surface area contributed by atoms with Gasteiger partial charge in [-0.15, -0.1) is 0 Å². The molecule has 0 aromatic carbocycles. The molecular formula is C17H18N4S. The van der Waals surface area contributed by atoms with Crippen LogP contribution >= 0.6 is 11.3 Å². The highest BCUT2D eigenvalue weighted by Crippen LogP contribution is 2.29. The van der Waals surface area contributed by atoms with Crippen molar-refractivity contribution in [2.45, 2.75) is 27.7 Å². The highest BCUT2D eigenvalue weighted by atomic mass is 32.1. The van der Waals surface area contributed by atoms with Crippen LogP contribution in [-0.4, -0.2) is 20.1 Å². The second kappa shape index (κ2) is 5.50. The van der Waals surface area contributed by atoms with E-state index in [-0.39, 0.29) is 0 Å². The minimum Gasteiger partial charge on any atom is -0.306 e. The number of rotatable bonds is 3. The lowest BCUT2D eigenvalue weighted by molar-refractivity contribution is 1.15. The number of imidazole rings is 1. The summed E-state index contributed by atoms with van der Waals surface area (Å²) in [5, 5.41) is 1.91. The normalized spacial score (nSPS) is 12.1. The molecule has 0 bridgehead atoms. The van der Waals surface area contributed by atoms with Gasteiger partial charge in [-0.3, -0.25) is 0 Å². The zero-order chi connectivity index (χ0) is 15.9. The van der Waals surface area contributed by atoms with Gasteiger partial charge in [0.05, 0.1) is 16.4 Å². The lowest BCUT2D eigenvalue weighted by Crippen LogP contribution is -1.99. The number of aliphatic imine (C=N–C) groups is 1. The quantitative estimate of drug-likeness (QED) is 0.668. The minimum atomic E-state index is 0.845. The van der Waals surface area contributed by atoms with Crippen LogP contribution in [-0.2, 0) is 0 Å². The lowest BCUT2D eigenvalue weighted by Gasteiger charge is -2.05. The summed E-state index contributed by atoms with van der Waals surface area (Å²) in [6, 6.07) is 2.13. The first kappa shape index (κ1) is 14.7. The van der Waals surface area contributed by atoms with E-state index in [1.807, 2.05) is 27.0 Å². The van der Waals surface area contributed by atoms with E-state index in [1.165, 1.54) is 0 Å². The van der Waals surface area contributed by atoms with Gasteiger partial charge >= 0.3 is 0 Å². The number of fused-ring (bicyclic) bond motifs is 1. The van der Waals surface area contributed by atoms with Gasteiger partial charge in [-0.2, -0.15) is 0 Å². The van der Waals surface area contributed by atoms with Crippen LogP contribution in [0, 0.1) is 20.8 Å². The molecule has 0 fully saturated rings. The fourth-order valence-corrected chi connectivity index (χ4v) is 3.29. The predicted molar refractivity (Wildman–Crippen MR) is 93.5 cm³/mol. The molecule has 3 rings (SSSR count). The van der Waals surface area contributed by atoms with Crippen LogP contribution in [0.5, 0.6) is 0 Å². The molecule has 3 aromatic heterocycles. The molecular weight excluding hydrogens is 292 g/mol. The maximum absolute atomic E-state index is 4.74. The molecule has 0 N–H and O–H groups in total. The highest BCUT2D eigenvalue weighted by molar-refractivity contribution is 7.15. The Kier molecular flexibility index (Phi) is 3.66. The zero-order valence-corrected chi connectivity index (χ0v) is 14.0. The number of hydrogen-bond donors (Lipinski definition) is 0. The molecule has 5 heteroatoms. The van der Waals surface area contributed by atoms with Crippen molar-refractivity contribution < 1.29 is 0 Å². The van der Waals surface area contributed by atoms with Crippen LogP contribution < -0.4 is 0 Å². The van der Waals surface area contributed by atoms with Crippen LogP contribution in [0.15, 0.2) is 30.0 Å². The first-order chi connectivity index (χ1) is 10.5. The molecule has 0 unspecified atom stereocenters. The average molecular weight is 310 g/mol. The highest BCUT2D eigenvalue weighted by Gasteiger charge is 2.09. The Morgan fingerprint density at radius 3 is 2.77 bits per heavy atom. The second-order valence-corrected chi connectivity index (χ2v) is 6.53. The first-order valence-corrected chi connectivity index (χ1v) is 7.91. The maximum atomic E-state index is 4.74. The Morgan fingerprint density at radius 1 is 1.27 bits per heavy atom. The molecule has 3 aromatic rings. The third-order valence-corrected chi connectivity index (χ3v) is 4.36. The monoisotopic (exact) mass is 310 g/mol. The van der Waals surface area contributed by atoms with Crippen LogP contribution in [0.4, 0.5) is 5.00 Å². The molecule has 0 aliphatic carbocycles. The Hall–Kier alpha value is -2.27. The van der Waals surface area contributed by atoms with Crippen molar-refractivity contribution in [3.63, 3.8) is 0 Å². The van der Waals surface area contributed by atoms with E-state index in [9.17, 15) is 0 Å². The van der Waals surface area contributed by atoms with Gasteiger partial charge in [-0.25, -0.2) is 15.0 Å². The summed E-state index contributed by atoms with van der Waals surface area (Å²) in [5.74, 6) is 0. The average Bonchev–Trinajstić information content (AvgIpc) is 3.00. The van der Waals surface area contributed by atoms with Gasteiger partial charge in [0.15, 0.2) is 0 Å². The molecule has 3 heterocycles. The van der Waals surface area contributed by atoms with Crippen LogP contribution in [0.2, 0.25) is 0 Å². The SMILES string of the molecule is C=Cc1nc(C)sc1/N=C(\C)c1cc(C)c2nc(C)cn2c1. The molecule has 0 atom stereocenters. The van der Waals surface area contributed by atoms with Crippen LogP contribution in [0.3, 0.4) is 0 Å². The van der Waals surface area contributed by atoms with E-state index in [0.717, 1.165) is 43.9 Å². The van der Waals surface area contributed by atoms with Gasteiger partial charge in [0.25, 0.3) is 0 Å². The molecule has 0 spiro atoms. The van der Waals surface area contributed by atoms with E-state index >= 15 is 0 Å². The van der Waals surface area contributed by atoms with E-state index < -0.39 is 0 Å². The van der Waals surface area contributed by atoms with Crippen molar-refractivity contribution in [1.29, 1.82) is 0 Å². The van der Waals surface area contributed by atoms with Gasteiger partial charge in [-0.05, 0) is 45.4 Å². The van der Waals surface area contributed by atoms with Gasteiger partial charge in [0.1, 0.15) is 10.6 Å². The topological polar surface area (TPSA) is 42.5 Å². The largest absolute Gasteiger partial charge is 0.306 e. The summed E-state index contributed by atoms with van der Waals surface area (Å²) in [7, 11) is 0. The fraction of sp³-hybridized carbons (Fsp3) is 0.235. The molecule has 0 saturated carbocycles. The third kappa shape index (κ3) is 2.60.